The van der Waals surface area contributed by atoms with Gasteiger partial charge in [0.2, 0.25) is 0 Å². The number of halogens is 1. The van der Waals surface area contributed by atoms with Crippen molar-refractivity contribution in [1.82, 2.24) is 10.6 Å². The molecule has 1 unspecified atom stereocenters. The molecular weight excluding hydrogens is 417 g/mol. The molecule has 0 aliphatic heterocycles. The maximum atomic E-state index is 5.55. The number of methoxy groups -OCH3 is 1. The summed E-state index contributed by atoms with van der Waals surface area (Å²) < 4.78 is 10.9. The van der Waals surface area contributed by atoms with Gasteiger partial charge in [0.25, 0.3) is 0 Å². The monoisotopic (exact) mass is 443 g/mol. The Morgan fingerprint density at radius 1 is 1.17 bits per heavy atom. The lowest BCUT2D eigenvalue weighted by atomic mass is 10.1. The minimum atomic E-state index is -0.0447. The van der Waals surface area contributed by atoms with Crippen molar-refractivity contribution >= 4 is 29.9 Å². The average Bonchev–Trinajstić information content (AvgIpc) is 3.10. The van der Waals surface area contributed by atoms with E-state index in [-0.39, 0.29) is 30.1 Å². The number of nitrogens with zero attached hydrogens (tertiary/aromatic N) is 1. The quantitative estimate of drug-likeness (QED) is 0.373. The highest BCUT2D eigenvalue weighted by molar-refractivity contribution is 14.0. The highest BCUT2D eigenvalue weighted by Gasteiger charge is 2.09. The Hall–Kier alpha value is -1.54. The standard InChI is InChI=1S/C18H25N3O2.HI/c1-3-19-18(20-12-11-16-10-7-13-23-16)21-14-17(22-2)15-8-5-4-6-9-15;/h4-10,13,17H,3,11-12,14H2,1-2H3,(H2,19,20,21);1H. The molecule has 0 aliphatic rings. The van der Waals surface area contributed by atoms with Crippen LogP contribution in [0.25, 0.3) is 0 Å². The highest BCUT2D eigenvalue weighted by atomic mass is 127. The van der Waals surface area contributed by atoms with E-state index in [1.54, 1.807) is 13.4 Å². The van der Waals surface area contributed by atoms with Gasteiger partial charge in [-0.05, 0) is 24.6 Å². The van der Waals surface area contributed by atoms with Crippen molar-refractivity contribution in [2.75, 3.05) is 26.7 Å². The largest absolute Gasteiger partial charge is 0.469 e. The Balaban J connectivity index is 0.00000288. The van der Waals surface area contributed by atoms with Crippen molar-refractivity contribution in [3.63, 3.8) is 0 Å². The third-order valence-electron chi connectivity index (χ3n) is 3.46. The van der Waals surface area contributed by atoms with Crippen molar-refractivity contribution in [3.8, 4) is 0 Å². The van der Waals surface area contributed by atoms with E-state index >= 15 is 0 Å². The molecule has 2 aromatic rings. The van der Waals surface area contributed by atoms with Gasteiger partial charge in [-0.15, -0.1) is 24.0 Å². The van der Waals surface area contributed by atoms with Gasteiger partial charge in [-0.25, -0.2) is 0 Å². The number of rotatable bonds is 8. The van der Waals surface area contributed by atoms with Crippen LogP contribution in [0.15, 0.2) is 58.1 Å². The van der Waals surface area contributed by atoms with Gasteiger partial charge in [0.15, 0.2) is 5.96 Å². The van der Waals surface area contributed by atoms with Gasteiger partial charge in [0, 0.05) is 26.6 Å². The molecule has 1 heterocycles. The van der Waals surface area contributed by atoms with E-state index in [1.165, 1.54) is 0 Å². The summed E-state index contributed by atoms with van der Waals surface area (Å²) in [7, 11) is 1.71. The van der Waals surface area contributed by atoms with Gasteiger partial charge in [-0.1, -0.05) is 30.3 Å². The first-order valence-corrected chi connectivity index (χ1v) is 7.95. The fraction of sp³-hybridized carbons (Fsp3) is 0.389. The van der Waals surface area contributed by atoms with E-state index in [0.29, 0.717) is 6.54 Å². The lowest BCUT2D eigenvalue weighted by Crippen LogP contribution is -2.38. The molecule has 1 atom stereocenters. The molecule has 1 aromatic carbocycles. The predicted molar refractivity (Wildman–Crippen MR) is 108 cm³/mol. The Labute approximate surface area is 160 Å². The number of furan rings is 1. The maximum Gasteiger partial charge on any atom is 0.191 e. The molecule has 0 saturated heterocycles. The van der Waals surface area contributed by atoms with Crippen molar-refractivity contribution < 1.29 is 9.15 Å². The second-order valence-corrected chi connectivity index (χ2v) is 5.11. The number of guanidine groups is 1. The van der Waals surface area contributed by atoms with Crippen LogP contribution in [0.1, 0.15) is 24.4 Å². The minimum Gasteiger partial charge on any atom is -0.469 e. The fourth-order valence-electron chi connectivity index (χ4n) is 2.26. The van der Waals surface area contributed by atoms with Gasteiger partial charge < -0.3 is 19.8 Å². The molecule has 0 saturated carbocycles. The van der Waals surface area contributed by atoms with E-state index in [9.17, 15) is 0 Å². The number of hydrogen-bond acceptors (Lipinski definition) is 3. The number of nitrogens with one attached hydrogen (secondary N) is 2. The van der Waals surface area contributed by atoms with E-state index < -0.39 is 0 Å². The van der Waals surface area contributed by atoms with Crippen LogP contribution in [0.2, 0.25) is 0 Å². The van der Waals surface area contributed by atoms with E-state index in [1.807, 2.05) is 30.3 Å². The summed E-state index contributed by atoms with van der Waals surface area (Å²) in [5.41, 5.74) is 1.13. The van der Waals surface area contributed by atoms with Crippen LogP contribution in [0.3, 0.4) is 0 Å². The molecule has 1 aromatic heterocycles. The smallest absolute Gasteiger partial charge is 0.191 e. The maximum absolute atomic E-state index is 5.55. The summed E-state index contributed by atoms with van der Waals surface area (Å²) in [5, 5.41) is 6.56. The summed E-state index contributed by atoms with van der Waals surface area (Å²) in [6.07, 6.45) is 2.47. The molecule has 2 rings (SSSR count). The van der Waals surface area contributed by atoms with E-state index in [2.05, 4.69) is 34.7 Å². The van der Waals surface area contributed by atoms with Crippen molar-refractivity contribution in [3.05, 3.63) is 60.1 Å². The van der Waals surface area contributed by atoms with Gasteiger partial charge in [-0.3, -0.25) is 4.99 Å². The Kier molecular flexibility index (Phi) is 10.2. The summed E-state index contributed by atoms with van der Waals surface area (Å²) in [5.74, 6) is 1.75. The molecule has 0 radical (unpaired) electrons. The first kappa shape index (κ1) is 20.5. The summed E-state index contributed by atoms with van der Waals surface area (Å²) >= 11 is 0. The zero-order chi connectivity index (χ0) is 16.3. The van der Waals surface area contributed by atoms with Crippen LogP contribution in [0.4, 0.5) is 0 Å². The lowest BCUT2D eigenvalue weighted by molar-refractivity contribution is 0.111. The molecule has 0 amide bonds. The van der Waals surface area contributed by atoms with Gasteiger partial charge in [-0.2, -0.15) is 0 Å². The first-order valence-electron chi connectivity index (χ1n) is 7.95. The summed E-state index contributed by atoms with van der Waals surface area (Å²) in [6, 6.07) is 14.0. The fourth-order valence-corrected chi connectivity index (χ4v) is 2.26. The number of aliphatic imine (C=N–C) groups is 1. The molecule has 5 nitrogen and oxygen atoms in total. The molecule has 0 spiro atoms. The van der Waals surface area contributed by atoms with Crippen LogP contribution in [0.5, 0.6) is 0 Å². The van der Waals surface area contributed by atoms with Gasteiger partial charge in [0.05, 0.1) is 12.8 Å². The summed E-state index contributed by atoms with van der Waals surface area (Å²) in [6.45, 7) is 4.20. The average molecular weight is 443 g/mol. The van der Waals surface area contributed by atoms with Crippen LogP contribution >= 0.6 is 24.0 Å². The molecule has 0 bridgehead atoms. The highest BCUT2D eigenvalue weighted by Crippen LogP contribution is 2.16. The van der Waals surface area contributed by atoms with E-state index in [0.717, 1.165) is 36.8 Å². The molecule has 0 fully saturated rings. The Morgan fingerprint density at radius 3 is 2.58 bits per heavy atom. The Morgan fingerprint density at radius 2 is 1.96 bits per heavy atom. The van der Waals surface area contributed by atoms with Crippen LogP contribution in [-0.2, 0) is 11.2 Å². The zero-order valence-corrected chi connectivity index (χ0v) is 16.5. The summed E-state index contributed by atoms with van der Waals surface area (Å²) in [4.78, 5) is 4.62. The van der Waals surface area contributed by atoms with Crippen LogP contribution in [-0.4, -0.2) is 32.7 Å². The molecule has 24 heavy (non-hydrogen) atoms. The topological polar surface area (TPSA) is 58.8 Å². The van der Waals surface area contributed by atoms with Crippen molar-refractivity contribution in [2.24, 2.45) is 4.99 Å². The van der Waals surface area contributed by atoms with Crippen LogP contribution < -0.4 is 10.6 Å². The van der Waals surface area contributed by atoms with Crippen molar-refractivity contribution in [1.29, 1.82) is 0 Å². The zero-order valence-electron chi connectivity index (χ0n) is 14.2. The number of ether oxygens (including phenoxy) is 1. The third kappa shape index (κ3) is 6.92. The predicted octanol–water partition coefficient (Wildman–Crippen LogP) is 3.38. The normalized spacial score (nSPS) is 12.3. The molecule has 2 N–H and O–H groups in total. The van der Waals surface area contributed by atoms with Crippen LogP contribution in [0, 0.1) is 0 Å². The van der Waals surface area contributed by atoms with Gasteiger partial charge in [0.1, 0.15) is 11.9 Å². The molecular formula is C18H26IN3O2. The molecule has 0 aliphatic carbocycles. The number of benzene rings is 1. The second kappa shape index (κ2) is 11.9. The SMILES string of the molecule is CCNC(=NCC(OC)c1ccccc1)NCCc1ccco1.I. The molecule has 6 heteroatoms. The second-order valence-electron chi connectivity index (χ2n) is 5.11. The third-order valence-corrected chi connectivity index (χ3v) is 3.46. The van der Waals surface area contributed by atoms with Crippen molar-refractivity contribution in [2.45, 2.75) is 19.4 Å². The molecule has 132 valence electrons. The first-order chi connectivity index (χ1) is 11.3. The minimum absolute atomic E-state index is 0. The van der Waals surface area contributed by atoms with Gasteiger partial charge >= 0.3 is 0 Å². The number of hydrogen-bond donors (Lipinski definition) is 2. The van der Waals surface area contributed by atoms with E-state index in [4.69, 9.17) is 9.15 Å². The Bertz CT molecular complexity index is 573. The lowest BCUT2D eigenvalue weighted by Gasteiger charge is -2.15.